The van der Waals surface area contributed by atoms with E-state index in [0.717, 1.165) is 0 Å². The topological polar surface area (TPSA) is 81.4 Å². The summed E-state index contributed by atoms with van der Waals surface area (Å²) in [5, 5.41) is 5.86. The minimum absolute atomic E-state index is 0.150. The lowest BCUT2D eigenvalue weighted by atomic mass is 10.3. The second kappa shape index (κ2) is 5.14. The van der Waals surface area contributed by atoms with Crippen molar-refractivity contribution < 1.29 is 18.8 Å². The summed E-state index contributed by atoms with van der Waals surface area (Å²) < 4.78 is 9.35. The van der Waals surface area contributed by atoms with Crippen LogP contribution in [-0.2, 0) is 9.53 Å². The third kappa shape index (κ3) is 3.41. The Morgan fingerprint density at radius 3 is 2.87 bits per heavy atom. The van der Waals surface area contributed by atoms with Gasteiger partial charge in [-0.2, -0.15) is 0 Å². The molecule has 15 heavy (non-hydrogen) atoms. The average Bonchev–Trinajstić information content (AvgIpc) is 2.62. The molecule has 0 aliphatic heterocycles. The minimum atomic E-state index is -0.480. The SMILES string of the molecule is CCOC(=O)CNC(=O)c1cc(C)on1. The van der Waals surface area contributed by atoms with Crippen molar-refractivity contribution in [3.63, 3.8) is 0 Å². The van der Waals surface area contributed by atoms with Crippen molar-refractivity contribution in [1.82, 2.24) is 10.5 Å². The highest BCUT2D eigenvalue weighted by Gasteiger charge is 2.12. The van der Waals surface area contributed by atoms with Gasteiger partial charge >= 0.3 is 5.97 Å². The molecule has 1 rings (SSSR count). The largest absolute Gasteiger partial charge is 0.465 e. The van der Waals surface area contributed by atoms with Gasteiger partial charge in [0.25, 0.3) is 5.91 Å². The summed E-state index contributed by atoms with van der Waals surface area (Å²) in [6.45, 7) is 3.49. The van der Waals surface area contributed by atoms with Gasteiger partial charge in [-0.3, -0.25) is 9.59 Å². The molecule has 1 N–H and O–H groups in total. The number of rotatable bonds is 4. The number of nitrogens with one attached hydrogen (secondary N) is 1. The van der Waals surface area contributed by atoms with E-state index in [0.29, 0.717) is 5.76 Å². The molecule has 6 heteroatoms. The quantitative estimate of drug-likeness (QED) is 0.725. The van der Waals surface area contributed by atoms with Crippen LogP contribution in [0.5, 0.6) is 0 Å². The monoisotopic (exact) mass is 212 g/mol. The summed E-state index contributed by atoms with van der Waals surface area (Å²) in [5.41, 5.74) is 0.150. The second-order valence-corrected chi connectivity index (χ2v) is 2.81. The zero-order valence-electron chi connectivity index (χ0n) is 8.57. The second-order valence-electron chi connectivity index (χ2n) is 2.81. The van der Waals surface area contributed by atoms with Gasteiger partial charge in [0, 0.05) is 6.07 Å². The molecule has 0 fully saturated rings. The van der Waals surface area contributed by atoms with Crippen LogP contribution in [0.15, 0.2) is 10.6 Å². The molecule has 0 radical (unpaired) electrons. The molecular formula is C9H12N2O4. The Balaban J connectivity index is 2.40. The predicted octanol–water partition coefficient (Wildman–Crippen LogP) is 0.276. The fraction of sp³-hybridized carbons (Fsp3) is 0.444. The molecule has 0 aliphatic carbocycles. The van der Waals surface area contributed by atoms with Crippen molar-refractivity contribution in [2.75, 3.05) is 13.2 Å². The van der Waals surface area contributed by atoms with E-state index in [1.54, 1.807) is 13.8 Å². The predicted molar refractivity (Wildman–Crippen MR) is 50.2 cm³/mol. The first-order chi connectivity index (χ1) is 7.13. The smallest absolute Gasteiger partial charge is 0.325 e. The van der Waals surface area contributed by atoms with Crippen molar-refractivity contribution in [3.05, 3.63) is 17.5 Å². The summed E-state index contributed by atoms with van der Waals surface area (Å²) in [7, 11) is 0. The molecule has 0 atom stereocenters. The molecule has 1 aromatic rings. The van der Waals surface area contributed by atoms with Crippen molar-refractivity contribution in [2.24, 2.45) is 0 Å². The van der Waals surface area contributed by atoms with E-state index in [-0.39, 0.29) is 18.8 Å². The number of hydrogen-bond acceptors (Lipinski definition) is 5. The maximum atomic E-state index is 11.3. The Hall–Kier alpha value is -1.85. The number of ether oxygens (including phenoxy) is 1. The highest BCUT2D eigenvalue weighted by Crippen LogP contribution is 2.00. The summed E-state index contributed by atoms with van der Waals surface area (Å²) in [5.74, 6) is -0.401. The highest BCUT2D eigenvalue weighted by molar-refractivity contribution is 5.94. The summed E-state index contributed by atoms with van der Waals surface area (Å²) in [4.78, 5) is 22.2. The number of amides is 1. The number of carbonyl (C=O) groups is 2. The van der Waals surface area contributed by atoms with E-state index in [9.17, 15) is 9.59 Å². The molecule has 0 aliphatic rings. The Bertz CT molecular complexity index is 359. The van der Waals surface area contributed by atoms with Crippen LogP contribution in [0.25, 0.3) is 0 Å². The van der Waals surface area contributed by atoms with Crippen LogP contribution >= 0.6 is 0 Å². The van der Waals surface area contributed by atoms with Gasteiger partial charge in [0.2, 0.25) is 0 Å². The van der Waals surface area contributed by atoms with Crippen molar-refractivity contribution in [2.45, 2.75) is 13.8 Å². The third-order valence-corrected chi connectivity index (χ3v) is 1.56. The number of hydrogen-bond donors (Lipinski definition) is 1. The molecule has 0 saturated carbocycles. The van der Waals surface area contributed by atoms with E-state index >= 15 is 0 Å². The first-order valence-corrected chi connectivity index (χ1v) is 4.50. The van der Waals surface area contributed by atoms with Gasteiger partial charge < -0.3 is 14.6 Å². The molecule has 6 nitrogen and oxygen atoms in total. The lowest BCUT2D eigenvalue weighted by Gasteiger charge is -2.01. The lowest BCUT2D eigenvalue weighted by Crippen LogP contribution is -2.30. The molecule has 0 bridgehead atoms. The number of aryl methyl sites for hydroxylation is 1. The fourth-order valence-corrected chi connectivity index (χ4v) is 0.928. The Kier molecular flexibility index (Phi) is 3.84. The standard InChI is InChI=1S/C9H12N2O4/c1-3-14-8(12)5-10-9(13)7-4-6(2)15-11-7/h4H,3,5H2,1-2H3,(H,10,13). The molecule has 1 aromatic heterocycles. The van der Waals surface area contributed by atoms with Crippen LogP contribution in [0.3, 0.4) is 0 Å². The molecule has 0 saturated heterocycles. The minimum Gasteiger partial charge on any atom is -0.465 e. The molecule has 1 heterocycles. The van der Waals surface area contributed by atoms with Crippen LogP contribution in [-0.4, -0.2) is 30.2 Å². The summed E-state index contributed by atoms with van der Waals surface area (Å²) in [6.07, 6.45) is 0. The van der Waals surface area contributed by atoms with Gasteiger partial charge in [-0.1, -0.05) is 5.16 Å². The molecular weight excluding hydrogens is 200 g/mol. The van der Waals surface area contributed by atoms with Crippen molar-refractivity contribution >= 4 is 11.9 Å². The molecule has 82 valence electrons. The van der Waals surface area contributed by atoms with Crippen LogP contribution in [0.2, 0.25) is 0 Å². The number of carbonyl (C=O) groups excluding carboxylic acids is 2. The van der Waals surface area contributed by atoms with Crippen LogP contribution in [0.4, 0.5) is 0 Å². The van der Waals surface area contributed by atoms with Crippen LogP contribution < -0.4 is 5.32 Å². The maximum Gasteiger partial charge on any atom is 0.325 e. The van der Waals surface area contributed by atoms with Crippen molar-refractivity contribution in [3.8, 4) is 0 Å². The fourth-order valence-electron chi connectivity index (χ4n) is 0.928. The first-order valence-electron chi connectivity index (χ1n) is 4.50. The third-order valence-electron chi connectivity index (χ3n) is 1.56. The zero-order chi connectivity index (χ0) is 11.3. The Morgan fingerprint density at radius 1 is 1.60 bits per heavy atom. The van der Waals surface area contributed by atoms with Gasteiger partial charge in [0.05, 0.1) is 6.61 Å². The van der Waals surface area contributed by atoms with Gasteiger partial charge in [-0.15, -0.1) is 0 Å². The van der Waals surface area contributed by atoms with E-state index in [1.807, 2.05) is 0 Å². The van der Waals surface area contributed by atoms with E-state index in [2.05, 4.69) is 15.2 Å². The average molecular weight is 212 g/mol. The zero-order valence-corrected chi connectivity index (χ0v) is 8.57. The van der Waals surface area contributed by atoms with E-state index in [4.69, 9.17) is 4.52 Å². The van der Waals surface area contributed by atoms with Gasteiger partial charge in [-0.05, 0) is 13.8 Å². The summed E-state index contributed by atoms with van der Waals surface area (Å²) >= 11 is 0. The number of nitrogens with zero attached hydrogens (tertiary/aromatic N) is 1. The van der Waals surface area contributed by atoms with Crippen LogP contribution in [0.1, 0.15) is 23.2 Å². The number of esters is 1. The Morgan fingerprint density at radius 2 is 2.33 bits per heavy atom. The lowest BCUT2D eigenvalue weighted by molar-refractivity contribution is -0.141. The van der Waals surface area contributed by atoms with Crippen LogP contribution in [0, 0.1) is 6.92 Å². The maximum absolute atomic E-state index is 11.3. The molecule has 0 unspecified atom stereocenters. The molecule has 0 aromatic carbocycles. The molecule has 1 amide bonds. The first kappa shape index (κ1) is 11.2. The Labute approximate surface area is 86.6 Å². The van der Waals surface area contributed by atoms with E-state index < -0.39 is 11.9 Å². The van der Waals surface area contributed by atoms with Gasteiger partial charge in [-0.25, -0.2) is 0 Å². The highest BCUT2D eigenvalue weighted by atomic mass is 16.5. The summed E-state index contributed by atoms with van der Waals surface area (Å²) in [6, 6.07) is 1.49. The van der Waals surface area contributed by atoms with Crippen molar-refractivity contribution in [1.29, 1.82) is 0 Å². The number of aromatic nitrogens is 1. The normalized spacial score (nSPS) is 9.73. The van der Waals surface area contributed by atoms with E-state index in [1.165, 1.54) is 6.07 Å². The molecule has 0 spiro atoms. The van der Waals surface area contributed by atoms with Gasteiger partial charge in [0.15, 0.2) is 5.69 Å². The van der Waals surface area contributed by atoms with Gasteiger partial charge in [0.1, 0.15) is 12.3 Å².